The van der Waals surface area contributed by atoms with E-state index in [2.05, 4.69) is 5.32 Å². The summed E-state index contributed by atoms with van der Waals surface area (Å²) in [6, 6.07) is 5.77. The Morgan fingerprint density at radius 2 is 1.95 bits per heavy atom. The van der Waals surface area contributed by atoms with Crippen LogP contribution in [0.3, 0.4) is 0 Å². The Hall–Kier alpha value is -1.81. The van der Waals surface area contributed by atoms with Gasteiger partial charge in [-0.25, -0.2) is 0 Å². The molecule has 1 aromatic carbocycles. The minimum Gasteiger partial charge on any atom is -0.506 e. The van der Waals surface area contributed by atoms with E-state index in [1.165, 1.54) is 0 Å². The number of rotatable bonds is 3. The van der Waals surface area contributed by atoms with Gasteiger partial charge in [0.05, 0.1) is 6.04 Å². The van der Waals surface area contributed by atoms with Gasteiger partial charge in [0.15, 0.2) is 5.78 Å². The van der Waals surface area contributed by atoms with Crippen LogP contribution in [0.25, 0.3) is 5.76 Å². The summed E-state index contributed by atoms with van der Waals surface area (Å²) in [5.74, 6) is -1.14. The maximum atomic E-state index is 12.3. The lowest BCUT2D eigenvalue weighted by Crippen LogP contribution is -2.35. The largest absolute Gasteiger partial charge is 0.506 e. The van der Waals surface area contributed by atoms with Crippen LogP contribution in [0.2, 0.25) is 5.02 Å². The predicted molar refractivity (Wildman–Crippen MR) is 77.4 cm³/mol. The Balaban J connectivity index is 2.40. The quantitative estimate of drug-likeness (QED) is 0.511. The molecule has 5 heteroatoms. The number of aliphatic hydroxyl groups is 1. The monoisotopic (exact) mass is 293 g/mol. The van der Waals surface area contributed by atoms with Crippen molar-refractivity contribution in [2.24, 2.45) is 5.92 Å². The molecule has 0 spiro atoms. The standard InChI is InChI=1S/C15H16ClNO3/c1-3-8(2)12-14(19)11(15(20)17-12)13(18)9-4-6-10(16)7-5-9/h4-8,12,18H,3H2,1-2H3,(H,17,20)/b13-11-/t8-,12-/m0/s1. The van der Waals surface area contributed by atoms with E-state index < -0.39 is 11.9 Å². The fourth-order valence-corrected chi connectivity index (χ4v) is 2.29. The van der Waals surface area contributed by atoms with E-state index in [4.69, 9.17) is 11.6 Å². The summed E-state index contributed by atoms with van der Waals surface area (Å²) >= 11 is 5.77. The van der Waals surface area contributed by atoms with Crippen LogP contribution in [-0.2, 0) is 9.59 Å². The highest BCUT2D eigenvalue weighted by Crippen LogP contribution is 2.26. The molecule has 1 aliphatic heterocycles. The van der Waals surface area contributed by atoms with Crippen LogP contribution in [0.5, 0.6) is 0 Å². The van der Waals surface area contributed by atoms with Crippen molar-refractivity contribution in [3.63, 3.8) is 0 Å². The van der Waals surface area contributed by atoms with Crippen molar-refractivity contribution in [1.82, 2.24) is 5.32 Å². The van der Waals surface area contributed by atoms with Crippen molar-refractivity contribution >= 4 is 29.1 Å². The molecule has 1 aliphatic rings. The zero-order valence-corrected chi connectivity index (χ0v) is 12.1. The smallest absolute Gasteiger partial charge is 0.259 e. The number of Topliss-reactive ketones (excluding diaryl/α,β-unsaturated/α-hetero) is 1. The first kappa shape index (κ1) is 14.6. The minimum absolute atomic E-state index is 0.0296. The Kier molecular flexibility index (Phi) is 4.14. The molecule has 0 radical (unpaired) electrons. The van der Waals surface area contributed by atoms with Gasteiger partial charge in [-0.3, -0.25) is 9.59 Å². The molecule has 1 aromatic rings. The SMILES string of the molecule is CC[C@H](C)[C@@H]1NC(=O)/C(=C(\O)c2ccc(Cl)cc2)C1=O. The maximum Gasteiger partial charge on any atom is 0.259 e. The molecule has 0 aromatic heterocycles. The van der Waals surface area contributed by atoms with Gasteiger partial charge in [-0.05, 0) is 30.2 Å². The Morgan fingerprint density at radius 3 is 2.50 bits per heavy atom. The highest BCUT2D eigenvalue weighted by atomic mass is 35.5. The van der Waals surface area contributed by atoms with Crippen molar-refractivity contribution in [2.75, 3.05) is 0 Å². The Labute approximate surface area is 122 Å². The average Bonchev–Trinajstić information content (AvgIpc) is 2.73. The van der Waals surface area contributed by atoms with Crippen LogP contribution in [-0.4, -0.2) is 22.8 Å². The molecule has 1 fully saturated rings. The summed E-state index contributed by atoms with van der Waals surface area (Å²) in [7, 11) is 0. The molecule has 0 aliphatic carbocycles. The molecular formula is C15H16ClNO3. The van der Waals surface area contributed by atoms with Crippen molar-refractivity contribution < 1.29 is 14.7 Å². The molecule has 0 bridgehead atoms. The van der Waals surface area contributed by atoms with E-state index in [-0.39, 0.29) is 23.0 Å². The lowest BCUT2D eigenvalue weighted by Gasteiger charge is -2.14. The molecule has 2 rings (SSSR count). The first-order valence-corrected chi connectivity index (χ1v) is 6.87. The molecule has 0 unspecified atom stereocenters. The van der Waals surface area contributed by atoms with Gasteiger partial charge < -0.3 is 10.4 Å². The number of amides is 1. The third kappa shape index (κ3) is 2.56. The molecule has 1 heterocycles. The number of ketones is 1. The van der Waals surface area contributed by atoms with Crippen molar-refractivity contribution in [2.45, 2.75) is 26.3 Å². The average molecular weight is 294 g/mol. The molecule has 1 amide bonds. The third-order valence-electron chi connectivity index (χ3n) is 3.61. The van der Waals surface area contributed by atoms with Crippen LogP contribution in [0, 0.1) is 5.92 Å². The predicted octanol–water partition coefficient (Wildman–Crippen LogP) is 2.72. The number of carbonyl (C=O) groups excluding carboxylic acids is 2. The Bertz CT molecular complexity index is 577. The highest BCUT2D eigenvalue weighted by Gasteiger charge is 2.40. The van der Waals surface area contributed by atoms with Gasteiger partial charge in [-0.15, -0.1) is 0 Å². The number of benzene rings is 1. The van der Waals surface area contributed by atoms with Gasteiger partial charge in [-0.1, -0.05) is 31.9 Å². The second kappa shape index (κ2) is 5.67. The number of aliphatic hydroxyl groups excluding tert-OH is 1. The zero-order chi connectivity index (χ0) is 14.9. The van der Waals surface area contributed by atoms with E-state index in [0.29, 0.717) is 10.6 Å². The number of nitrogens with one attached hydrogen (secondary N) is 1. The molecule has 1 saturated heterocycles. The summed E-state index contributed by atoms with van der Waals surface area (Å²) in [6.07, 6.45) is 0.770. The molecule has 2 N–H and O–H groups in total. The van der Waals surface area contributed by atoms with Crippen molar-refractivity contribution in [1.29, 1.82) is 0 Å². The van der Waals surface area contributed by atoms with Gasteiger partial charge in [0.25, 0.3) is 5.91 Å². The molecule has 4 nitrogen and oxygen atoms in total. The van der Waals surface area contributed by atoms with Gasteiger partial charge in [0.2, 0.25) is 0 Å². The van der Waals surface area contributed by atoms with Crippen molar-refractivity contribution in [3.05, 3.63) is 40.4 Å². The minimum atomic E-state index is -0.558. The first-order chi connectivity index (χ1) is 9.45. The fraction of sp³-hybridized carbons (Fsp3) is 0.333. The van der Waals surface area contributed by atoms with E-state index in [9.17, 15) is 14.7 Å². The molecule has 2 atom stereocenters. The van der Waals surface area contributed by atoms with E-state index in [1.807, 2.05) is 13.8 Å². The van der Waals surface area contributed by atoms with Crippen LogP contribution >= 0.6 is 11.6 Å². The molecule has 0 saturated carbocycles. The normalized spacial score (nSPS) is 22.6. The molecular weight excluding hydrogens is 278 g/mol. The fourth-order valence-electron chi connectivity index (χ4n) is 2.16. The number of halogens is 1. The van der Waals surface area contributed by atoms with Gasteiger partial charge in [0, 0.05) is 10.6 Å². The van der Waals surface area contributed by atoms with E-state index in [1.54, 1.807) is 24.3 Å². The maximum absolute atomic E-state index is 12.3. The molecule has 106 valence electrons. The topological polar surface area (TPSA) is 66.4 Å². The van der Waals surface area contributed by atoms with Crippen LogP contribution < -0.4 is 5.32 Å². The summed E-state index contributed by atoms with van der Waals surface area (Å²) in [6.45, 7) is 3.84. The van der Waals surface area contributed by atoms with Crippen molar-refractivity contribution in [3.8, 4) is 0 Å². The van der Waals surface area contributed by atoms with Gasteiger partial charge in [-0.2, -0.15) is 0 Å². The van der Waals surface area contributed by atoms with Crippen LogP contribution in [0.1, 0.15) is 25.8 Å². The van der Waals surface area contributed by atoms with E-state index in [0.717, 1.165) is 6.42 Å². The van der Waals surface area contributed by atoms with E-state index >= 15 is 0 Å². The Morgan fingerprint density at radius 1 is 1.35 bits per heavy atom. The summed E-state index contributed by atoms with van der Waals surface area (Å²) in [5.41, 5.74) is 0.232. The lowest BCUT2D eigenvalue weighted by molar-refractivity contribution is -0.117. The van der Waals surface area contributed by atoms with Crippen LogP contribution in [0.15, 0.2) is 29.8 Å². The number of carbonyl (C=O) groups is 2. The second-order valence-corrected chi connectivity index (χ2v) is 5.37. The third-order valence-corrected chi connectivity index (χ3v) is 3.86. The van der Waals surface area contributed by atoms with Gasteiger partial charge >= 0.3 is 0 Å². The summed E-state index contributed by atoms with van der Waals surface area (Å²) < 4.78 is 0. The lowest BCUT2D eigenvalue weighted by atomic mass is 9.94. The van der Waals surface area contributed by atoms with Crippen LogP contribution in [0.4, 0.5) is 0 Å². The second-order valence-electron chi connectivity index (χ2n) is 4.93. The number of hydrogen-bond acceptors (Lipinski definition) is 3. The first-order valence-electron chi connectivity index (χ1n) is 6.50. The molecule has 20 heavy (non-hydrogen) atoms. The number of hydrogen-bond donors (Lipinski definition) is 2. The summed E-state index contributed by atoms with van der Waals surface area (Å²) in [4.78, 5) is 24.2. The zero-order valence-electron chi connectivity index (χ0n) is 11.3. The summed E-state index contributed by atoms with van der Waals surface area (Å²) in [5, 5.41) is 13.3. The highest BCUT2D eigenvalue weighted by molar-refractivity contribution is 6.31. The van der Waals surface area contributed by atoms with Gasteiger partial charge in [0.1, 0.15) is 11.3 Å².